The molecule has 1 aromatic heterocycles. The van der Waals surface area contributed by atoms with Crippen molar-refractivity contribution in [3.05, 3.63) is 18.0 Å². The van der Waals surface area contributed by atoms with Gasteiger partial charge in [-0.05, 0) is 19.3 Å². The van der Waals surface area contributed by atoms with E-state index in [1.54, 1.807) is 0 Å². The fraction of sp³-hybridized carbons (Fsp3) is 0.692. The molecule has 1 unspecified atom stereocenters. The first-order valence-electron chi connectivity index (χ1n) is 6.68. The number of nitrogens with one attached hydrogen (secondary N) is 1. The summed E-state index contributed by atoms with van der Waals surface area (Å²) < 4.78 is 5.39. The maximum atomic E-state index is 5.39. The fourth-order valence-corrected chi connectivity index (χ4v) is 2.16. The highest BCUT2D eigenvalue weighted by Crippen LogP contribution is 2.19. The molecule has 0 amide bonds. The zero-order chi connectivity index (χ0) is 12.4. The molecule has 1 atom stereocenters. The first-order chi connectivity index (χ1) is 8.83. The predicted octanol–water partition coefficient (Wildman–Crippen LogP) is 0.954. The number of ether oxygens (including phenoxy) is 1. The van der Waals surface area contributed by atoms with Crippen LogP contribution in [-0.4, -0.2) is 42.3 Å². The summed E-state index contributed by atoms with van der Waals surface area (Å²) in [7, 11) is 2.04. The maximum Gasteiger partial charge on any atom is 0.225 e. The highest BCUT2D eigenvalue weighted by atomic mass is 16.5. The zero-order valence-electron chi connectivity index (χ0n) is 10.8. The Morgan fingerprint density at radius 2 is 2.11 bits per heavy atom. The number of rotatable bonds is 5. The molecule has 0 spiro atoms. The summed E-state index contributed by atoms with van der Waals surface area (Å²) in [5.41, 5.74) is 1.15. The molecule has 5 nitrogen and oxygen atoms in total. The number of likely N-dealkylation sites (N-methyl/N-ethyl adjacent to an activating group) is 1. The van der Waals surface area contributed by atoms with Gasteiger partial charge >= 0.3 is 0 Å². The van der Waals surface area contributed by atoms with Crippen molar-refractivity contribution in [1.82, 2.24) is 15.3 Å². The van der Waals surface area contributed by atoms with Gasteiger partial charge in [-0.2, -0.15) is 0 Å². The molecule has 2 fully saturated rings. The molecular formula is C13H20N4O. The third-order valence-electron chi connectivity index (χ3n) is 3.63. The normalized spacial score (nSPS) is 23.3. The van der Waals surface area contributed by atoms with Gasteiger partial charge in [0.15, 0.2) is 0 Å². The SMILES string of the molecule is CN(c1ncc(CNC2CC2)cn1)C1CCOC1. The van der Waals surface area contributed by atoms with Crippen molar-refractivity contribution >= 4 is 5.95 Å². The molecule has 2 aliphatic rings. The van der Waals surface area contributed by atoms with Gasteiger partial charge in [0.2, 0.25) is 5.95 Å². The van der Waals surface area contributed by atoms with Crippen molar-refractivity contribution in [2.24, 2.45) is 0 Å². The zero-order valence-corrected chi connectivity index (χ0v) is 10.8. The highest BCUT2D eigenvalue weighted by Gasteiger charge is 2.22. The van der Waals surface area contributed by atoms with E-state index in [0.717, 1.165) is 43.7 Å². The van der Waals surface area contributed by atoms with E-state index in [2.05, 4.69) is 20.2 Å². The Kier molecular flexibility index (Phi) is 3.43. The first kappa shape index (κ1) is 11.9. The van der Waals surface area contributed by atoms with Crippen LogP contribution < -0.4 is 10.2 Å². The quantitative estimate of drug-likeness (QED) is 0.841. The van der Waals surface area contributed by atoms with Crippen molar-refractivity contribution in [3.8, 4) is 0 Å². The average Bonchev–Trinajstić information content (AvgIpc) is 3.08. The average molecular weight is 248 g/mol. The Labute approximate surface area is 108 Å². The van der Waals surface area contributed by atoms with E-state index >= 15 is 0 Å². The molecule has 3 rings (SSSR count). The molecule has 1 saturated heterocycles. The van der Waals surface area contributed by atoms with Crippen LogP contribution in [0.3, 0.4) is 0 Å². The molecule has 0 bridgehead atoms. The van der Waals surface area contributed by atoms with Gasteiger partial charge in [-0.3, -0.25) is 0 Å². The summed E-state index contributed by atoms with van der Waals surface area (Å²) in [6.45, 7) is 2.50. The van der Waals surface area contributed by atoms with Crippen molar-refractivity contribution in [3.63, 3.8) is 0 Å². The molecule has 1 aromatic rings. The molecule has 0 radical (unpaired) electrons. The van der Waals surface area contributed by atoms with E-state index in [4.69, 9.17) is 4.74 Å². The molecule has 5 heteroatoms. The van der Waals surface area contributed by atoms with Crippen LogP contribution in [0.2, 0.25) is 0 Å². The number of hydrogen-bond acceptors (Lipinski definition) is 5. The second kappa shape index (κ2) is 5.20. The van der Waals surface area contributed by atoms with Crippen LogP contribution >= 0.6 is 0 Å². The van der Waals surface area contributed by atoms with Gasteiger partial charge in [0.05, 0.1) is 12.6 Å². The highest BCUT2D eigenvalue weighted by molar-refractivity contribution is 5.30. The Morgan fingerprint density at radius 1 is 1.33 bits per heavy atom. The summed E-state index contributed by atoms with van der Waals surface area (Å²) in [5, 5.41) is 3.46. The minimum atomic E-state index is 0.417. The lowest BCUT2D eigenvalue weighted by Crippen LogP contribution is -2.33. The molecular weight excluding hydrogens is 228 g/mol. The van der Waals surface area contributed by atoms with Gasteiger partial charge in [-0.1, -0.05) is 0 Å². The van der Waals surface area contributed by atoms with Crippen LogP contribution in [0, 0.1) is 0 Å². The summed E-state index contributed by atoms with van der Waals surface area (Å²) in [6, 6.07) is 1.14. The molecule has 1 aliphatic heterocycles. The van der Waals surface area contributed by atoms with Crippen LogP contribution in [0.25, 0.3) is 0 Å². The van der Waals surface area contributed by atoms with E-state index < -0.39 is 0 Å². The summed E-state index contributed by atoms with van der Waals surface area (Å²) in [4.78, 5) is 11.0. The summed E-state index contributed by atoms with van der Waals surface area (Å²) in [6.07, 6.45) is 7.52. The molecule has 0 aromatic carbocycles. The first-order valence-corrected chi connectivity index (χ1v) is 6.68. The minimum Gasteiger partial charge on any atom is -0.379 e. The van der Waals surface area contributed by atoms with Crippen molar-refractivity contribution in [2.75, 3.05) is 25.2 Å². The number of nitrogens with zero attached hydrogens (tertiary/aromatic N) is 3. The second-order valence-electron chi connectivity index (χ2n) is 5.17. The number of hydrogen-bond donors (Lipinski definition) is 1. The molecule has 98 valence electrons. The predicted molar refractivity (Wildman–Crippen MR) is 69.5 cm³/mol. The van der Waals surface area contributed by atoms with Crippen molar-refractivity contribution in [1.29, 1.82) is 0 Å². The molecule has 1 aliphatic carbocycles. The Balaban J connectivity index is 1.58. The van der Waals surface area contributed by atoms with E-state index in [0.29, 0.717) is 6.04 Å². The van der Waals surface area contributed by atoms with Crippen molar-refractivity contribution < 1.29 is 4.74 Å². The molecule has 1 N–H and O–H groups in total. The topological polar surface area (TPSA) is 50.3 Å². The van der Waals surface area contributed by atoms with E-state index in [9.17, 15) is 0 Å². The third-order valence-corrected chi connectivity index (χ3v) is 3.63. The standard InChI is InChI=1S/C13H20N4O/c1-17(12-4-5-18-9-12)13-15-7-10(8-16-13)6-14-11-2-3-11/h7-8,11-12,14H,2-6,9H2,1H3. The molecule has 1 saturated carbocycles. The van der Waals surface area contributed by atoms with Gasteiger partial charge < -0.3 is 15.0 Å². The van der Waals surface area contributed by atoms with Gasteiger partial charge in [0, 0.05) is 44.2 Å². The molecule has 2 heterocycles. The van der Waals surface area contributed by atoms with Crippen LogP contribution in [0.1, 0.15) is 24.8 Å². The monoisotopic (exact) mass is 248 g/mol. The lowest BCUT2D eigenvalue weighted by atomic mass is 10.2. The van der Waals surface area contributed by atoms with Crippen LogP contribution in [0.15, 0.2) is 12.4 Å². The summed E-state index contributed by atoms with van der Waals surface area (Å²) in [5.74, 6) is 0.792. The van der Waals surface area contributed by atoms with Crippen molar-refractivity contribution in [2.45, 2.75) is 37.9 Å². The number of aromatic nitrogens is 2. The second-order valence-corrected chi connectivity index (χ2v) is 5.17. The smallest absolute Gasteiger partial charge is 0.225 e. The van der Waals surface area contributed by atoms with Gasteiger partial charge in [-0.25, -0.2) is 9.97 Å². The maximum absolute atomic E-state index is 5.39. The van der Waals surface area contributed by atoms with Gasteiger partial charge in [-0.15, -0.1) is 0 Å². The van der Waals surface area contributed by atoms with E-state index in [1.807, 2.05) is 19.4 Å². The fourth-order valence-electron chi connectivity index (χ4n) is 2.16. The lowest BCUT2D eigenvalue weighted by molar-refractivity contribution is 0.193. The Hall–Kier alpha value is -1.20. The van der Waals surface area contributed by atoms with Crippen LogP contribution in [0.5, 0.6) is 0 Å². The van der Waals surface area contributed by atoms with Crippen LogP contribution in [0.4, 0.5) is 5.95 Å². The van der Waals surface area contributed by atoms with E-state index in [-0.39, 0.29) is 0 Å². The number of anilines is 1. The Morgan fingerprint density at radius 3 is 2.72 bits per heavy atom. The lowest BCUT2D eigenvalue weighted by Gasteiger charge is -2.22. The third kappa shape index (κ3) is 2.79. The van der Waals surface area contributed by atoms with Crippen LogP contribution in [-0.2, 0) is 11.3 Å². The molecule has 18 heavy (non-hydrogen) atoms. The largest absolute Gasteiger partial charge is 0.379 e. The van der Waals surface area contributed by atoms with E-state index in [1.165, 1.54) is 12.8 Å². The summed E-state index contributed by atoms with van der Waals surface area (Å²) >= 11 is 0. The minimum absolute atomic E-state index is 0.417. The van der Waals surface area contributed by atoms with Gasteiger partial charge in [0.25, 0.3) is 0 Å². The van der Waals surface area contributed by atoms with Gasteiger partial charge in [0.1, 0.15) is 0 Å². The Bertz CT molecular complexity index is 384.